The van der Waals surface area contributed by atoms with Crippen LogP contribution in [0.5, 0.6) is 0 Å². The van der Waals surface area contributed by atoms with Crippen LogP contribution >= 0.6 is 23.5 Å². The van der Waals surface area contributed by atoms with Crippen LogP contribution in [-0.4, -0.2) is 136 Å². The van der Waals surface area contributed by atoms with E-state index < -0.39 is 90.9 Å². The molecule has 2 fully saturated rings. The van der Waals surface area contributed by atoms with Crippen LogP contribution in [0.1, 0.15) is 6.23 Å². The fourth-order valence-corrected chi connectivity index (χ4v) is 7.94. The fraction of sp³-hybridized carbons (Fsp3) is 0.688. The van der Waals surface area contributed by atoms with E-state index in [0.717, 1.165) is 17.2 Å². The highest BCUT2D eigenvalue weighted by molar-refractivity contribution is 7.66. The van der Waals surface area contributed by atoms with Crippen LogP contribution in [0.15, 0.2) is 12.7 Å². The number of ether oxygens (including phenoxy) is 1. The summed E-state index contributed by atoms with van der Waals surface area (Å²) in [6.07, 6.45) is -17.9. The molecule has 0 radical (unpaired) electrons. The van der Waals surface area contributed by atoms with E-state index in [1.54, 1.807) is 0 Å². The van der Waals surface area contributed by atoms with Gasteiger partial charge in [0.15, 0.2) is 17.7 Å². The van der Waals surface area contributed by atoms with Gasteiger partial charge >= 0.3 is 23.5 Å². The van der Waals surface area contributed by atoms with Crippen LogP contribution in [0.25, 0.3) is 11.2 Å². The van der Waals surface area contributed by atoms with E-state index in [2.05, 4.69) is 28.1 Å². The van der Waals surface area contributed by atoms with E-state index in [9.17, 15) is 59.4 Å². The van der Waals surface area contributed by atoms with Crippen LogP contribution < -0.4 is 5.73 Å². The van der Waals surface area contributed by atoms with Gasteiger partial charge in [-0.05, 0) is 0 Å². The molecule has 0 amide bonds. The number of rotatable bonds is 10. The van der Waals surface area contributed by atoms with Crippen molar-refractivity contribution in [3.05, 3.63) is 12.7 Å². The predicted molar refractivity (Wildman–Crippen MR) is 129 cm³/mol. The van der Waals surface area contributed by atoms with Crippen molar-refractivity contribution in [3.8, 4) is 0 Å². The molecule has 24 nitrogen and oxygen atoms in total. The lowest BCUT2D eigenvalue weighted by Crippen LogP contribution is -2.71. The molecule has 43 heavy (non-hydrogen) atoms. The molecule has 4 rings (SSSR count). The van der Waals surface area contributed by atoms with Crippen LogP contribution in [0.4, 0.5) is 5.82 Å². The number of aliphatic hydroxyl groups is 8. The van der Waals surface area contributed by atoms with E-state index in [1.807, 2.05) is 0 Å². The highest BCUT2D eigenvalue weighted by Gasteiger charge is 2.63. The lowest BCUT2D eigenvalue weighted by molar-refractivity contribution is -0.336. The second-order valence-corrected chi connectivity index (χ2v) is 13.8. The van der Waals surface area contributed by atoms with Gasteiger partial charge in [-0.15, -0.1) is 0 Å². The number of hydrogen-bond donors (Lipinski definition) is 12. The van der Waals surface area contributed by atoms with E-state index in [4.69, 9.17) is 24.8 Å². The van der Waals surface area contributed by atoms with E-state index in [-0.39, 0.29) is 17.0 Å². The zero-order chi connectivity index (χ0) is 32.3. The Hall–Kier alpha value is -1.60. The SMILES string of the molecule is Nc1ncnc2c1ncn2[C@@H]1O[C@H](COP(=O)(O[C@]2(O)[C@H](O)[C@H](O)[C@@H](O)[C@H](O)[C@H]2O)OP(=O)(O)OP(=O)(O)O)[C@@H](O)[C@H]1O. The highest BCUT2D eigenvalue weighted by Crippen LogP contribution is 2.69. The molecule has 1 aliphatic carbocycles. The minimum Gasteiger partial charge on any atom is -0.387 e. The summed E-state index contributed by atoms with van der Waals surface area (Å²) in [5.41, 5.74) is 5.82. The normalized spacial score (nSPS) is 38.2. The molecule has 244 valence electrons. The second kappa shape index (κ2) is 12.0. The van der Waals surface area contributed by atoms with Gasteiger partial charge in [0, 0.05) is 0 Å². The molecule has 1 saturated heterocycles. The minimum atomic E-state index is -6.20. The molecule has 12 atom stereocenters. The number of nitrogen functional groups attached to an aromatic ring is 1. The minimum absolute atomic E-state index is 0.0280. The predicted octanol–water partition coefficient (Wildman–Crippen LogP) is -5.10. The Bertz CT molecular complexity index is 1460. The molecule has 0 bridgehead atoms. The molecule has 0 aromatic carbocycles. The number of nitrogens with two attached hydrogens (primary N) is 1. The summed E-state index contributed by atoms with van der Waals surface area (Å²) in [6.45, 7) is -1.28. The molecule has 3 heterocycles. The summed E-state index contributed by atoms with van der Waals surface area (Å²) < 4.78 is 60.3. The number of aromatic nitrogens is 4. The van der Waals surface area contributed by atoms with Crippen LogP contribution in [0, 0.1) is 0 Å². The summed E-state index contributed by atoms with van der Waals surface area (Å²) in [4.78, 5) is 39.1. The van der Waals surface area contributed by atoms with Crippen LogP contribution in [-0.2, 0) is 36.1 Å². The number of anilines is 1. The van der Waals surface area contributed by atoms with Crippen molar-refractivity contribution in [2.75, 3.05) is 12.3 Å². The fourth-order valence-electron chi connectivity index (χ4n) is 4.19. The average Bonchev–Trinajstić information content (AvgIpc) is 3.44. The van der Waals surface area contributed by atoms with Gasteiger partial charge in [0.2, 0.25) is 5.79 Å². The number of hydrogen-bond acceptors (Lipinski definition) is 20. The average molecular weight is 685 g/mol. The first-order valence-corrected chi connectivity index (χ1v) is 16.0. The Morgan fingerprint density at radius 3 is 2.07 bits per heavy atom. The Kier molecular flexibility index (Phi) is 9.54. The number of imidazole rings is 1. The van der Waals surface area contributed by atoms with E-state index in [0.29, 0.717) is 0 Å². The summed E-state index contributed by atoms with van der Waals surface area (Å²) in [6, 6.07) is 0. The third-order valence-corrected chi connectivity index (χ3v) is 10.5. The van der Waals surface area contributed by atoms with Crippen LogP contribution in [0.3, 0.4) is 0 Å². The van der Waals surface area contributed by atoms with Gasteiger partial charge in [0.25, 0.3) is 0 Å². The topological polar surface area (TPSA) is 390 Å². The summed E-state index contributed by atoms with van der Waals surface area (Å²) in [5, 5.41) is 81.7. The smallest absolute Gasteiger partial charge is 0.387 e. The van der Waals surface area contributed by atoms with Crippen molar-refractivity contribution in [2.24, 2.45) is 0 Å². The maximum absolute atomic E-state index is 13.5. The Morgan fingerprint density at radius 1 is 0.884 bits per heavy atom. The molecule has 0 spiro atoms. The summed E-state index contributed by atoms with van der Waals surface area (Å²) in [7, 11) is -18.2. The molecule has 1 saturated carbocycles. The molecule has 2 aromatic rings. The standard InChI is InChI=1S/C16H26N5O19P3/c17-13-5-14(19-2-18-13)21(3-20-5)15-10(26)6(22)4(37-15)1-36-43(35,40-42(33,34)39-41(30,31)32)38-16(29)11(27)8(24)7(23)9(25)12(16)28/h2-4,6-12,15,22-29H,1H2,(H,33,34)(H2,17,18,19)(H2,30,31,32)/t4-,6-,7-,8-,9+,10-,11-,12-,15-,16-,43?/m1/s1. The summed E-state index contributed by atoms with van der Waals surface area (Å²) >= 11 is 0. The first-order valence-electron chi connectivity index (χ1n) is 11.5. The second-order valence-electron chi connectivity index (χ2n) is 9.20. The van der Waals surface area contributed by atoms with Gasteiger partial charge in [-0.1, -0.05) is 0 Å². The first-order chi connectivity index (χ1) is 19.7. The van der Waals surface area contributed by atoms with E-state index >= 15 is 0 Å². The Morgan fingerprint density at radius 2 is 1.49 bits per heavy atom. The number of nitrogens with zero attached hydrogens (tertiary/aromatic N) is 4. The Balaban J connectivity index is 1.61. The van der Waals surface area contributed by atoms with E-state index in [1.165, 1.54) is 0 Å². The molecule has 2 aliphatic rings. The molecule has 13 N–H and O–H groups in total. The molecule has 27 heteroatoms. The van der Waals surface area contributed by atoms with Gasteiger partial charge < -0.3 is 66.0 Å². The van der Waals surface area contributed by atoms with Gasteiger partial charge in [0.05, 0.1) is 12.9 Å². The molecular formula is C16H26N5O19P3. The number of phosphoric ester groups is 1. The van der Waals surface area contributed by atoms with Crippen molar-refractivity contribution in [1.82, 2.24) is 19.5 Å². The van der Waals surface area contributed by atoms with Gasteiger partial charge in [-0.3, -0.25) is 9.09 Å². The highest BCUT2D eigenvalue weighted by atomic mass is 31.3. The first kappa shape index (κ1) is 34.3. The largest absolute Gasteiger partial charge is 0.490 e. The van der Waals surface area contributed by atoms with Crippen LogP contribution in [0.2, 0.25) is 0 Å². The van der Waals surface area contributed by atoms with Gasteiger partial charge in [0.1, 0.15) is 60.7 Å². The maximum Gasteiger partial charge on any atom is 0.490 e. The lowest BCUT2D eigenvalue weighted by atomic mass is 9.82. The summed E-state index contributed by atoms with van der Waals surface area (Å²) in [5.74, 6) is -3.90. The molecule has 1 aliphatic heterocycles. The maximum atomic E-state index is 13.5. The number of phosphoric acid groups is 3. The van der Waals surface area contributed by atoms with Gasteiger partial charge in [-0.2, -0.15) is 8.62 Å². The zero-order valence-electron chi connectivity index (χ0n) is 21.0. The number of fused-ring (bicyclic) bond motifs is 1. The van der Waals surface area contributed by atoms with Gasteiger partial charge in [-0.25, -0.2) is 33.2 Å². The third-order valence-electron chi connectivity index (χ3n) is 6.26. The lowest BCUT2D eigenvalue weighted by Gasteiger charge is -2.47. The molecular weight excluding hydrogens is 659 g/mol. The quantitative estimate of drug-likeness (QED) is 0.0821. The molecule has 2 unspecified atom stereocenters. The van der Waals surface area contributed by atoms with Crippen molar-refractivity contribution < 1.29 is 91.6 Å². The van der Waals surface area contributed by atoms with Crippen molar-refractivity contribution in [1.29, 1.82) is 0 Å². The monoisotopic (exact) mass is 685 g/mol. The van der Waals surface area contributed by atoms with Crippen molar-refractivity contribution in [3.63, 3.8) is 0 Å². The third kappa shape index (κ3) is 6.83. The van der Waals surface area contributed by atoms with Crippen molar-refractivity contribution >= 4 is 40.4 Å². The van der Waals surface area contributed by atoms with Crippen molar-refractivity contribution in [2.45, 2.75) is 60.8 Å². The molecule has 2 aromatic heterocycles. The Labute approximate surface area is 237 Å². The number of aliphatic hydroxyl groups excluding tert-OH is 7. The zero-order valence-corrected chi connectivity index (χ0v) is 23.6.